The molecule has 102 valence electrons. The Balaban J connectivity index is 0.000000284. The second-order valence-electron chi connectivity index (χ2n) is 2.86. The fraction of sp³-hybridized carbons (Fsp3) is 0.250. The molecule has 3 heterocycles. The number of hydrogen-bond donors (Lipinski definition) is 0. The van der Waals surface area contributed by atoms with Crippen LogP contribution in [0.4, 0.5) is 0 Å². The molecule has 0 atom stereocenters. The highest BCUT2D eigenvalue weighted by atomic mass is 32.1. The van der Waals surface area contributed by atoms with Crippen LogP contribution in [0.5, 0.6) is 0 Å². The molecule has 0 saturated carbocycles. The van der Waals surface area contributed by atoms with Crippen LogP contribution < -0.4 is 0 Å². The lowest BCUT2D eigenvalue weighted by Gasteiger charge is -1.81. The molecule has 0 fully saturated rings. The molecule has 0 aliphatic carbocycles. The molecule has 0 radical (unpaired) electrons. The SMILES string of the molecule is CC.CC.c1cc2sccc2cn1.c1ccncc1. The minimum absolute atomic E-state index is 1.24. The Labute approximate surface area is 120 Å². The zero-order chi connectivity index (χ0) is 14.3. The predicted octanol–water partition coefficient (Wildman–Crippen LogP) is 5.43. The summed E-state index contributed by atoms with van der Waals surface area (Å²) in [6.07, 6.45) is 7.20. The van der Waals surface area contributed by atoms with Crippen molar-refractivity contribution >= 4 is 21.4 Å². The smallest absolute Gasteiger partial charge is 0.0373 e. The van der Waals surface area contributed by atoms with Crippen molar-refractivity contribution in [2.24, 2.45) is 0 Å². The van der Waals surface area contributed by atoms with Crippen LogP contribution in [0, 0.1) is 0 Å². The van der Waals surface area contributed by atoms with E-state index in [-0.39, 0.29) is 0 Å². The van der Waals surface area contributed by atoms with Crippen LogP contribution in [0.2, 0.25) is 0 Å². The maximum absolute atomic E-state index is 3.99. The van der Waals surface area contributed by atoms with Crippen molar-refractivity contribution in [2.75, 3.05) is 0 Å². The van der Waals surface area contributed by atoms with Gasteiger partial charge in [-0.15, -0.1) is 11.3 Å². The van der Waals surface area contributed by atoms with E-state index in [1.807, 2.05) is 64.4 Å². The molecule has 3 heteroatoms. The first-order chi connectivity index (χ1) is 9.47. The molecule has 3 rings (SSSR count). The summed E-state index contributed by atoms with van der Waals surface area (Å²) in [6, 6.07) is 9.82. The van der Waals surface area contributed by atoms with E-state index in [1.165, 1.54) is 10.1 Å². The first-order valence-corrected chi connectivity index (χ1v) is 7.47. The first kappa shape index (κ1) is 17.3. The molecular weight excluding hydrogens is 252 g/mol. The van der Waals surface area contributed by atoms with Gasteiger partial charge in [0.1, 0.15) is 0 Å². The van der Waals surface area contributed by atoms with Gasteiger partial charge < -0.3 is 0 Å². The van der Waals surface area contributed by atoms with Gasteiger partial charge in [0.15, 0.2) is 0 Å². The third kappa shape index (κ3) is 7.32. The van der Waals surface area contributed by atoms with E-state index in [9.17, 15) is 0 Å². The lowest BCUT2D eigenvalue weighted by Crippen LogP contribution is -1.64. The Morgan fingerprint density at radius 2 is 1.47 bits per heavy atom. The van der Waals surface area contributed by atoms with E-state index in [4.69, 9.17) is 0 Å². The molecule has 0 saturated heterocycles. The van der Waals surface area contributed by atoms with Crippen LogP contribution in [-0.2, 0) is 0 Å². The average molecular weight is 274 g/mol. The quantitative estimate of drug-likeness (QED) is 0.546. The molecule has 0 unspecified atom stereocenters. The summed E-state index contributed by atoms with van der Waals surface area (Å²) in [5.74, 6) is 0. The van der Waals surface area contributed by atoms with Crippen molar-refractivity contribution in [2.45, 2.75) is 27.7 Å². The number of thiophene rings is 1. The van der Waals surface area contributed by atoms with Gasteiger partial charge in [-0.25, -0.2) is 0 Å². The molecule has 3 aromatic rings. The molecule has 0 bridgehead atoms. The number of hydrogen-bond acceptors (Lipinski definition) is 3. The van der Waals surface area contributed by atoms with Crippen molar-refractivity contribution in [3.63, 3.8) is 0 Å². The maximum Gasteiger partial charge on any atom is 0.0373 e. The largest absolute Gasteiger partial charge is 0.265 e. The van der Waals surface area contributed by atoms with Gasteiger partial charge in [0.25, 0.3) is 0 Å². The molecule has 0 aliphatic rings. The predicted molar refractivity (Wildman–Crippen MR) is 86.6 cm³/mol. The molecule has 3 aromatic heterocycles. The van der Waals surface area contributed by atoms with Gasteiger partial charge in [0, 0.05) is 34.9 Å². The molecule has 0 aliphatic heterocycles. The summed E-state index contributed by atoms with van der Waals surface area (Å²) in [7, 11) is 0. The zero-order valence-electron chi connectivity index (χ0n) is 12.1. The van der Waals surface area contributed by atoms with Crippen molar-refractivity contribution in [3.05, 3.63) is 60.5 Å². The molecule has 0 N–H and O–H groups in total. The molecule has 0 spiro atoms. The standard InChI is InChI=1S/C7H5NS.C5H5N.2C2H6/c1-3-8-5-6-2-4-9-7(1)6;1-2-4-6-5-3-1;2*1-2/h1-5H;1-5H;2*1-2H3. The molecular formula is C16H22N2S. The fourth-order valence-electron chi connectivity index (χ4n) is 1.12. The summed E-state index contributed by atoms with van der Waals surface area (Å²) in [5, 5.41) is 3.31. The molecule has 0 aromatic carbocycles. The minimum Gasteiger partial charge on any atom is -0.265 e. The highest BCUT2D eigenvalue weighted by Gasteiger charge is 1.88. The monoisotopic (exact) mass is 274 g/mol. The Morgan fingerprint density at radius 3 is 1.95 bits per heavy atom. The van der Waals surface area contributed by atoms with Crippen molar-refractivity contribution in [3.8, 4) is 0 Å². The van der Waals surface area contributed by atoms with Gasteiger partial charge >= 0.3 is 0 Å². The third-order valence-electron chi connectivity index (χ3n) is 1.82. The highest BCUT2D eigenvalue weighted by molar-refractivity contribution is 7.17. The zero-order valence-corrected chi connectivity index (χ0v) is 12.9. The summed E-state index contributed by atoms with van der Waals surface area (Å²) in [4.78, 5) is 7.78. The lowest BCUT2D eigenvalue weighted by molar-refractivity contribution is 1.33. The second-order valence-corrected chi connectivity index (χ2v) is 3.81. The van der Waals surface area contributed by atoms with Crippen LogP contribution in [0.25, 0.3) is 10.1 Å². The molecule has 0 amide bonds. The van der Waals surface area contributed by atoms with E-state index in [2.05, 4.69) is 21.4 Å². The lowest BCUT2D eigenvalue weighted by atomic mass is 10.4. The van der Waals surface area contributed by atoms with Gasteiger partial charge in [0.05, 0.1) is 0 Å². The first-order valence-electron chi connectivity index (χ1n) is 6.59. The normalized spacial score (nSPS) is 8.00. The number of nitrogens with zero attached hydrogens (tertiary/aromatic N) is 2. The van der Waals surface area contributed by atoms with Crippen molar-refractivity contribution in [1.82, 2.24) is 9.97 Å². The van der Waals surface area contributed by atoms with Gasteiger partial charge in [-0.2, -0.15) is 0 Å². The topological polar surface area (TPSA) is 25.8 Å². The van der Waals surface area contributed by atoms with Crippen LogP contribution in [-0.4, -0.2) is 9.97 Å². The van der Waals surface area contributed by atoms with Crippen molar-refractivity contribution < 1.29 is 0 Å². The van der Waals surface area contributed by atoms with E-state index >= 15 is 0 Å². The molecule has 2 nitrogen and oxygen atoms in total. The molecule has 19 heavy (non-hydrogen) atoms. The summed E-state index contributed by atoms with van der Waals surface area (Å²) in [5.41, 5.74) is 0. The summed E-state index contributed by atoms with van der Waals surface area (Å²) in [6.45, 7) is 8.00. The number of pyridine rings is 2. The van der Waals surface area contributed by atoms with Crippen LogP contribution in [0.1, 0.15) is 27.7 Å². The number of aromatic nitrogens is 2. The van der Waals surface area contributed by atoms with Gasteiger partial charge in [-0.3, -0.25) is 9.97 Å². The second kappa shape index (κ2) is 12.7. The Hall–Kier alpha value is -1.74. The van der Waals surface area contributed by atoms with E-state index < -0.39 is 0 Å². The van der Waals surface area contributed by atoms with Crippen LogP contribution >= 0.6 is 11.3 Å². The third-order valence-corrected chi connectivity index (χ3v) is 2.72. The van der Waals surface area contributed by atoms with Gasteiger partial charge in [0.2, 0.25) is 0 Å². The Morgan fingerprint density at radius 1 is 0.789 bits per heavy atom. The highest BCUT2D eigenvalue weighted by Crippen LogP contribution is 2.17. The fourth-order valence-corrected chi connectivity index (χ4v) is 1.88. The van der Waals surface area contributed by atoms with Crippen LogP contribution in [0.15, 0.2) is 60.5 Å². The van der Waals surface area contributed by atoms with E-state index in [1.54, 1.807) is 23.7 Å². The van der Waals surface area contributed by atoms with Crippen molar-refractivity contribution in [1.29, 1.82) is 0 Å². The Kier molecular flexibility index (Phi) is 11.5. The Bertz CT molecular complexity index is 449. The van der Waals surface area contributed by atoms with Crippen LogP contribution in [0.3, 0.4) is 0 Å². The van der Waals surface area contributed by atoms with E-state index in [0.29, 0.717) is 0 Å². The minimum atomic E-state index is 1.24. The van der Waals surface area contributed by atoms with E-state index in [0.717, 1.165) is 0 Å². The number of rotatable bonds is 0. The average Bonchev–Trinajstić information content (AvgIpc) is 3.02. The summed E-state index contributed by atoms with van der Waals surface area (Å²) < 4.78 is 1.31. The van der Waals surface area contributed by atoms with Gasteiger partial charge in [-0.1, -0.05) is 33.8 Å². The van der Waals surface area contributed by atoms with Gasteiger partial charge in [-0.05, 0) is 29.6 Å². The summed E-state index contributed by atoms with van der Waals surface area (Å²) >= 11 is 1.75. The number of fused-ring (bicyclic) bond motifs is 1. The maximum atomic E-state index is 3.99.